The minimum atomic E-state index is 0.520. The van der Waals surface area contributed by atoms with Gasteiger partial charge in [-0.3, -0.25) is 0 Å². The second kappa shape index (κ2) is 9.80. The molecule has 142 valence electrons. The van der Waals surface area contributed by atoms with Crippen LogP contribution in [0.15, 0.2) is 24.3 Å². The fourth-order valence-corrected chi connectivity index (χ4v) is 3.91. The highest BCUT2D eigenvalue weighted by Gasteiger charge is 2.13. The van der Waals surface area contributed by atoms with Gasteiger partial charge in [-0.05, 0) is 83.7 Å². The molecular weight excluding hydrogens is 316 g/mol. The van der Waals surface area contributed by atoms with Crippen molar-refractivity contribution in [2.75, 3.05) is 0 Å². The molecule has 0 amide bonds. The maximum absolute atomic E-state index is 10.6. The zero-order valence-corrected chi connectivity index (χ0v) is 17.4. The van der Waals surface area contributed by atoms with Gasteiger partial charge in [-0.2, -0.15) is 0 Å². The van der Waals surface area contributed by atoms with Gasteiger partial charge in [0.1, 0.15) is 5.75 Å². The third-order valence-corrected chi connectivity index (χ3v) is 5.30. The molecule has 0 heterocycles. The van der Waals surface area contributed by atoms with E-state index >= 15 is 0 Å². The molecule has 2 rings (SSSR count). The molecule has 0 unspecified atom stereocenters. The molecule has 0 saturated carbocycles. The molecular formula is C25H36O. The van der Waals surface area contributed by atoms with Crippen LogP contribution in [-0.4, -0.2) is 5.11 Å². The van der Waals surface area contributed by atoms with Gasteiger partial charge in [0.05, 0.1) is 0 Å². The fraction of sp³-hybridized carbons (Fsp3) is 0.520. The van der Waals surface area contributed by atoms with Gasteiger partial charge in [0.2, 0.25) is 0 Å². The predicted octanol–water partition coefficient (Wildman–Crippen LogP) is 7.18. The number of benzene rings is 2. The molecule has 0 fully saturated rings. The van der Waals surface area contributed by atoms with Crippen LogP contribution in [0, 0.1) is 6.92 Å². The summed E-state index contributed by atoms with van der Waals surface area (Å²) >= 11 is 0. The zero-order chi connectivity index (χ0) is 19.1. The van der Waals surface area contributed by atoms with Gasteiger partial charge in [0.25, 0.3) is 0 Å². The summed E-state index contributed by atoms with van der Waals surface area (Å²) < 4.78 is 0. The third-order valence-electron chi connectivity index (χ3n) is 5.30. The van der Waals surface area contributed by atoms with Gasteiger partial charge in [0.15, 0.2) is 0 Å². The van der Waals surface area contributed by atoms with Crippen molar-refractivity contribution in [3.8, 4) is 16.9 Å². The van der Waals surface area contributed by atoms with Crippen molar-refractivity contribution in [3.05, 3.63) is 52.1 Å². The first-order chi connectivity index (χ1) is 12.5. The highest BCUT2D eigenvalue weighted by atomic mass is 16.3. The van der Waals surface area contributed by atoms with Crippen LogP contribution in [0.4, 0.5) is 0 Å². The Hall–Kier alpha value is -1.76. The maximum atomic E-state index is 10.6. The molecule has 0 radical (unpaired) electrons. The second-order valence-electron chi connectivity index (χ2n) is 7.56. The first-order valence-electron chi connectivity index (χ1n) is 10.5. The maximum Gasteiger partial charge on any atom is 0.121 e. The van der Waals surface area contributed by atoms with E-state index in [-0.39, 0.29) is 0 Å². The van der Waals surface area contributed by atoms with Crippen LogP contribution in [0.2, 0.25) is 0 Å². The molecule has 0 saturated heterocycles. The minimum Gasteiger partial charge on any atom is -0.507 e. The molecule has 26 heavy (non-hydrogen) atoms. The van der Waals surface area contributed by atoms with Crippen molar-refractivity contribution in [2.45, 2.75) is 86.0 Å². The average Bonchev–Trinajstić information content (AvgIpc) is 2.62. The Morgan fingerprint density at radius 3 is 1.23 bits per heavy atom. The zero-order valence-electron chi connectivity index (χ0n) is 17.4. The molecule has 0 aliphatic heterocycles. The summed E-state index contributed by atoms with van der Waals surface area (Å²) in [5.74, 6) is 0.520. The number of rotatable bonds is 9. The summed E-state index contributed by atoms with van der Waals surface area (Å²) in [5, 5.41) is 10.6. The van der Waals surface area contributed by atoms with Crippen LogP contribution in [0.1, 0.15) is 81.2 Å². The van der Waals surface area contributed by atoms with Crippen LogP contribution in [0.25, 0.3) is 11.1 Å². The molecule has 2 aromatic rings. The van der Waals surface area contributed by atoms with Gasteiger partial charge in [0, 0.05) is 0 Å². The van der Waals surface area contributed by atoms with Crippen LogP contribution in [0.5, 0.6) is 5.75 Å². The molecule has 0 aromatic heterocycles. The lowest BCUT2D eigenvalue weighted by molar-refractivity contribution is 0.460. The van der Waals surface area contributed by atoms with Crippen molar-refractivity contribution in [1.29, 1.82) is 0 Å². The van der Waals surface area contributed by atoms with Crippen molar-refractivity contribution < 1.29 is 5.11 Å². The van der Waals surface area contributed by atoms with E-state index in [0.29, 0.717) is 5.75 Å². The topological polar surface area (TPSA) is 20.2 Å². The summed E-state index contributed by atoms with van der Waals surface area (Å²) in [7, 11) is 0. The highest BCUT2D eigenvalue weighted by molar-refractivity contribution is 5.70. The van der Waals surface area contributed by atoms with E-state index < -0.39 is 0 Å². The number of hydrogen-bond acceptors (Lipinski definition) is 1. The largest absolute Gasteiger partial charge is 0.507 e. The minimum absolute atomic E-state index is 0.520. The number of phenols is 1. The highest BCUT2D eigenvalue weighted by Crippen LogP contribution is 2.34. The van der Waals surface area contributed by atoms with E-state index in [2.05, 4.69) is 58.9 Å². The van der Waals surface area contributed by atoms with Gasteiger partial charge in [-0.15, -0.1) is 0 Å². The third kappa shape index (κ3) is 4.69. The fourth-order valence-electron chi connectivity index (χ4n) is 3.91. The van der Waals surface area contributed by atoms with E-state index in [1.807, 2.05) is 0 Å². The Labute approximate surface area is 160 Å². The summed E-state index contributed by atoms with van der Waals surface area (Å²) in [6, 6.07) is 9.20. The number of phenolic OH excluding ortho intramolecular Hbond substituents is 1. The van der Waals surface area contributed by atoms with E-state index in [0.717, 1.165) is 49.7 Å². The Morgan fingerprint density at radius 1 is 0.577 bits per heavy atom. The van der Waals surface area contributed by atoms with Crippen LogP contribution in [0.3, 0.4) is 0 Å². The van der Waals surface area contributed by atoms with E-state index in [4.69, 9.17) is 0 Å². The number of aryl methyl sites for hydroxylation is 4. The predicted molar refractivity (Wildman–Crippen MR) is 114 cm³/mol. The molecule has 0 bridgehead atoms. The molecule has 0 spiro atoms. The molecule has 2 aromatic carbocycles. The van der Waals surface area contributed by atoms with Crippen molar-refractivity contribution >= 4 is 0 Å². The lowest BCUT2D eigenvalue weighted by Crippen LogP contribution is -1.99. The first kappa shape index (κ1) is 20.6. The number of aromatic hydroxyl groups is 1. The monoisotopic (exact) mass is 352 g/mol. The van der Waals surface area contributed by atoms with Crippen molar-refractivity contribution in [2.24, 2.45) is 0 Å². The van der Waals surface area contributed by atoms with E-state index in [1.165, 1.54) is 40.7 Å². The molecule has 1 N–H and O–H groups in total. The molecule has 0 atom stereocenters. The summed E-state index contributed by atoms with van der Waals surface area (Å²) in [6.07, 6.45) is 8.60. The smallest absolute Gasteiger partial charge is 0.121 e. The van der Waals surface area contributed by atoms with Crippen molar-refractivity contribution in [1.82, 2.24) is 0 Å². The van der Waals surface area contributed by atoms with E-state index in [9.17, 15) is 5.11 Å². The first-order valence-corrected chi connectivity index (χ1v) is 10.5. The summed E-state index contributed by atoms with van der Waals surface area (Å²) in [4.78, 5) is 0. The standard InChI is InChI=1S/C25H36O/c1-6-10-19-14-23(15-20(11-7-2)18(19)5)24-16-21(12-8-3)25(26)22(17-24)13-9-4/h14-17,26H,6-13H2,1-5H3. The Bertz CT molecular complexity index is 609. The Kier molecular flexibility index (Phi) is 7.75. The quantitative estimate of drug-likeness (QED) is 0.507. The summed E-state index contributed by atoms with van der Waals surface area (Å²) in [5.41, 5.74) is 9.22. The van der Waals surface area contributed by atoms with Gasteiger partial charge >= 0.3 is 0 Å². The second-order valence-corrected chi connectivity index (χ2v) is 7.56. The van der Waals surface area contributed by atoms with Gasteiger partial charge in [-0.1, -0.05) is 65.5 Å². The molecule has 0 aliphatic rings. The average molecular weight is 353 g/mol. The van der Waals surface area contributed by atoms with Crippen LogP contribution in [-0.2, 0) is 25.7 Å². The van der Waals surface area contributed by atoms with Crippen molar-refractivity contribution in [3.63, 3.8) is 0 Å². The molecule has 1 heteroatoms. The SMILES string of the molecule is CCCc1cc(-c2cc(CCC)c(O)c(CCC)c2)cc(CCC)c1C. The van der Waals surface area contributed by atoms with Crippen LogP contribution < -0.4 is 0 Å². The van der Waals surface area contributed by atoms with E-state index in [1.54, 1.807) is 0 Å². The number of hydrogen-bond donors (Lipinski definition) is 1. The molecule has 1 nitrogen and oxygen atoms in total. The Morgan fingerprint density at radius 2 is 0.885 bits per heavy atom. The Balaban J connectivity index is 2.61. The molecule has 0 aliphatic carbocycles. The summed E-state index contributed by atoms with van der Waals surface area (Å²) in [6.45, 7) is 11.1. The lowest BCUT2D eigenvalue weighted by Gasteiger charge is -2.17. The van der Waals surface area contributed by atoms with Crippen LogP contribution >= 0.6 is 0 Å². The van der Waals surface area contributed by atoms with Gasteiger partial charge < -0.3 is 5.11 Å². The normalized spacial score (nSPS) is 11.1. The lowest BCUT2D eigenvalue weighted by atomic mass is 9.89. The van der Waals surface area contributed by atoms with Gasteiger partial charge in [-0.25, -0.2) is 0 Å².